The standard InChI is InChI=1S/C14H17FN4/c1-8-5-11(15)7-12(6-8)19-14-9(2)13(16-4)17-10(3)18-14/h5-7H,1-4H3,(H2,16,17,18,19). The monoisotopic (exact) mass is 260 g/mol. The summed E-state index contributed by atoms with van der Waals surface area (Å²) in [7, 11) is 1.81. The van der Waals surface area contributed by atoms with Crippen LogP contribution in [-0.4, -0.2) is 17.0 Å². The number of rotatable bonds is 3. The minimum atomic E-state index is -0.264. The summed E-state index contributed by atoms with van der Waals surface area (Å²) in [5.74, 6) is 1.84. The number of benzene rings is 1. The molecule has 2 N–H and O–H groups in total. The third-order valence-corrected chi connectivity index (χ3v) is 2.80. The molecule has 0 bridgehead atoms. The van der Waals surface area contributed by atoms with Crippen LogP contribution >= 0.6 is 0 Å². The van der Waals surface area contributed by atoms with Gasteiger partial charge in [-0.3, -0.25) is 0 Å². The van der Waals surface area contributed by atoms with E-state index >= 15 is 0 Å². The van der Waals surface area contributed by atoms with Gasteiger partial charge in [0.2, 0.25) is 0 Å². The molecule has 5 heteroatoms. The van der Waals surface area contributed by atoms with Crippen LogP contribution in [0.15, 0.2) is 18.2 Å². The summed E-state index contributed by atoms with van der Waals surface area (Å²) in [6.45, 7) is 5.59. The molecular formula is C14H17FN4. The molecular weight excluding hydrogens is 243 g/mol. The zero-order chi connectivity index (χ0) is 14.0. The van der Waals surface area contributed by atoms with Crippen molar-refractivity contribution in [2.24, 2.45) is 0 Å². The van der Waals surface area contributed by atoms with Crippen molar-refractivity contribution in [3.05, 3.63) is 41.0 Å². The molecule has 19 heavy (non-hydrogen) atoms. The topological polar surface area (TPSA) is 49.8 Å². The van der Waals surface area contributed by atoms with Gasteiger partial charge >= 0.3 is 0 Å². The summed E-state index contributed by atoms with van der Waals surface area (Å²) in [5.41, 5.74) is 2.44. The lowest BCUT2D eigenvalue weighted by Gasteiger charge is -2.13. The summed E-state index contributed by atoms with van der Waals surface area (Å²) in [4.78, 5) is 8.64. The van der Waals surface area contributed by atoms with Crippen LogP contribution in [0.5, 0.6) is 0 Å². The van der Waals surface area contributed by atoms with E-state index in [1.807, 2.05) is 33.9 Å². The maximum absolute atomic E-state index is 13.4. The minimum Gasteiger partial charge on any atom is -0.373 e. The summed E-state index contributed by atoms with van der Waals surface area (Å²) in [5, 5.41) is 6.16. The zero-order valence-electron chi connectivity index (χ0n) is 11.5. The van der Waals surface area contributed by atoms with Gasteiger partial charge < -0.3 is 10.6 Å². The molecule has 0 aliphatic rings. The quantitative estimate of drug-likeness (QED) is 0.888. The summed E-state index contributed by atoms with van der Waals surface area (Å²) >= 11 is 0. The molecule has 0 unspecified atom stereocenters. The molecule has 0 fully saturated rings. The maximum atomic E-state index is 13.4. The zero-order valence-corrected chi connectivity index (χ0v) is 11.5. The van der Waals surface area contributed by atoms with Crippen LogP contribution in [0.2, 0.25) is 0 Å². The normalized spacial score (nSPS) is 10.4. The highest BCUT2D eigenvalue weighted by atomic mass is 19.1. The van der Waals surface area contributed by atoms with E-state index in [9.17, 15) is 4.39 Å². The van der Waals surface area contributed by atoms with Crippen LogP contribution in [0.3, 0.4) is 0 Å². The Morgan fingerprint density at radius 3 is 2.32 bits per heavy atom. The van der Waals surface area contributed by atoms with Gasteiger partial charge in [0.15, 0.2) is 0 Å². The maximum Gasteiger partial charge on any atom is 0.139 e. The SMILES string of the molecule is CNc1nc(C)nc(Nc2cc(C)cc(F)c2)c1C. The average Bonchev–Trinajstić information content (AvgIpc) is 2.32. The molecule has 0 atom stereocenters. The third-order valence-electron chi connectivity index (χ3n) is 2.80. The first-order valence-corrected chi connectivity index (χ1v) is 6.07. The fraction of sp³-hybridized carbons (Fsp3) is 0.286. The first-order chi connectivity index (χ1) is 8.99. The molecule has 0 saturated carbocycles. The van der Waals surface area contributed by atoms with E-state index in [2.05, 4.69) is 20.6 Å². The number of anilines is 3. The Hall–Kier alpha value is -2.17. The summed E-state index contributed by atoms with van der Waals surface area (Å²) in [6, 6.07) is 4.81. The van der Waals surface area contributed by atoms with Crippen LogP contribution in [0, 0.1) is 26.6 Å². The molecule has 1 aromatic carbocycles. The molecule has 2 aromatic rings. The van der Waals surface area contributed by atoms with Gasteiger partial charge in [-0.25, -0.2) is 14.4 Å². The van der Waals surface area contributed by atoms with Gasteiger partial charge in [-0.2, -0.15) is 0 Å². The van der Waals surface area contributed by atoms with E-state index in [1.165, 1.54) is 12.1 Å². The summed E-state index contributed by atoms with van der Waals surface area (Å²) in [6.07, 6.45) is 0. The Kier molecular flexibility index (Phi) is 3.64. The molecule has 0 amide bonds. The number of nitrogens with zero attached hydrogens (tertiary/aromatic N) is 2. The van der Waals surface area contributed by atoms with Crippen molar-refractivity contribution >= 4 is 17.3 Å². The van der Waals surface area contributed by atoms with Crippen molar-refractivity contribution in [1.29, 1.82) is 0 Å². The molecule has 0 spiro atoms. The van der Waals surface area contributed by atoms with Gasteiger partial charge in [-0.05, 0) is 44.5 Å². The number of hydrogen-bond acceptors (Lipinski definition) is 4. The molecule has 1 heterocycles. The number of nitrogens with one attached hydrogen (secondary N) is 2. The lowest BCUT2D eigenvalue weighted by atomic mass is 10.2. The van der Waals surface area contributed by atoms with Crippen LogP contribution < -0.4 is 10.6 Å². The Balaban J connectivity index is 2.40. The van der Waals surface area contributed by atoms with Crippen molar-refractivity contribution < 1.29 is 4.39 Å². The predicted octanol–water partition coefficient (Wildman–Crippen LogP) is 3.33. The van der Waals surface area contributed by atoms with Gasteiger partial charge in [-0.15, -0.1) is 0 Å². The fourth-order valence-corrected chi connectivity index (χ4v) is 1.94. The Bertz CT molecular complexity index is 590. The highest BCUT2D eigenvalue weighted by Crippen LogP contribution is 2.24. The second kappa shape index (κ2) is 5.22. The molecule has 0 radical (unpaired) electrons. The number of aromatic nitrogens is 2. The second-order valence-corrected chi connectivity index (χ2v) is 4.49. The van der Waals surface area contributed by atoms with Gasteiger partial charge in [-0.1, -0.05) is 0 Å². The van der Waals surface area contributed by atoms with Crippen molar-refractivity contribution in [3.63, 3.8) is 0 Å². The van der Waals surface area contributed by atoms with Gasteiger partial charge in [0.25, 0.3) is 0 Å². The van der Waals surface area contributed by atoms with Crippen LogP contribution in [0.25, 0.3) is 0 Å². The number of halogens is 1. The average molecular weight is 260 g/mol. The van der Waals surface area contributed by atoms with Crippen molar-refractivity contribution in [2.75, 3.05) is 17.7 Å². The van der Waals surface area contributed by atoms with E-state index in [1.54, 1.807) is 0 Å². The van der Waals surface area contributed by atoms with E-state index in [-0.39, 0.29) is 5.82 Å². The molecule has 4 nitrogen and oxygen atoms in total. The predicted molar refractivity (Wildman–Crippen MR) is 75.5 cm³/mol. The molecule has 1 aromatic heterocycles. The highest BCUT2D eigenvalue weighted by molar-refractivity contribution is 5.65. The van der Waals surface area contributed by atoms with E-state index in [0.717, 1.165) is 16.9 Å². The minimum absolute atomic E-state index is 0.264. The third kappa shape index (κ3) is 2.99. The van der Waals surface area contributed by atoms with Crippen LogP contribution in [0.1, 0.15) is 17.0 Å². The molecule has 100 valence electrons. The lowest BCUT2D eigenvalue weighted by molar-refractivity contribution is 0.627. The second-order valence-electron chi connectivity index (χ2n) is 4.49. The first kappa shape index (κ1) is 13.3. The van der Waals surface area contributed by atoms with Crippen molar-refractivity contribution in [3.8, 4) is 0 Å². The smallest absolute Gasteiger partial charge is 0.139 e. The number of aryl methyl sites for hydroxylation is 2. The largest absolute Gasteiger partial charge is 0.373 e. The van der Waals surface area contributed by atoms with Crippen LogP contribution in [0.4, 0.5) is 21.7 Å². The Morgan fingerprint density at radius 2 is 1.68 bits per heavy atom. The van der Waals surface area contributed by atoms with Gasteiger partial charge in [0, 0.05) is 18.3 Å². The highest BCUT2D eigenvalue weighted by Gasteiger charge is 2.09. The Labute approximate surface area is 112 Å². The first-order valence-electron chi connectivity index (χ1n) is 6.07. The van der Waals surface area contributed by atoms with Crippen molar-refractivity contribution in [2.45, 2.75) is 20.8 Å². The number of hydrogen-bond donors (Lipinski definition) is 2. The summed E-state index contributed by atoms with van der Waals surface area (Å²) < 4.78 is 13.4. The molecule has 0 saturated heterocycles. The van der Waals surface area contributed by atoms with E-state index < -0.39 is 0 Å². The molecule has 0 aliphatic carbocycles. The molecule has 2 rings (SSSR count). The lowest BCUT2D eigenvalue weighted by Crippen LogP contribution is -2.05. The van der Waals surface area contributed by atoms with Crippen LogP contribution in [-0.2, 0) is 0 Å². The molecule has 0 aliphatic heterocycles. The van der Waals surface area contributed by atoms with E-state index in [0.29, 0.717) is 17.3 Å². The van der Waals surface area contributed by atoms with E-state index in [4.69, 9.17) is 0 Å². The van der Waals surface area contributed by atoms with Crippen molar-refractivity contribution in [1.82, 2.24) is 9.97 Å². The Morgan fingerprint density at radius 1 is 1.00 bits per heavy atom. The van der Waals surface area contributed by atoms with Gasteiger partial charge in [0.1, 0.15) is 23.3 Å². The van der Waals surface area contributed by atoms with Gasteiger partial charge in [0.05, 0.1) is 0 Å². The fourth-order valence-electron chi connectivity index (χ4n) is 1.94.